The number of ether oxygens (including phenoxy) is 2. The predicted molar refractivity (Wildman–Crippen MR) is 65.0 cm³/mol. The number of hydrogen-bond acceptors (Lipinski definition) is 4. The van der Waals surface area contributed by atoms with Gasteiger partial charge in [0.2, 0.25) is 0 Å². The monoisotopic (exact) mass is 245 g/mol. The number of carbonyl (C=O) groups is 1. The van der Waals surface area contributed by atoms with E-state index >= 15 is 0 Å². The molecule has 0 amide bonds. The maximum absolute atomic E-state index is 12.0. The van der Waals surface area contributed by atoms with E-state index in [2.05, 4.69) is 0 Å². The Hall–Kier alpha value is -1.86. The molecule has 0 unspecified atom stereocenters. The Morgan fingerprint density at radius 3 is 2.78 bits per heavy atom. The summed E-state index contributed by atoms with van der Waals surface area (Å²) in [4.78, 5) is 12.0. The molecule has 1 fully saturated rings. The average molecular weight is 245 g/mol. The van der Waals surface area contributed by atoms with E-state index in [0.29, 0.717) is 11.1 Å². The third-order valence-corrected chi connectivity index (χ3v) is 3.22. The molecule has 1 aromatic rings. The van der Waals surface area contributed by atoms with Crippen molar-refractivity contribution in [3.8, 4) is 6.07 Å². The van der Waals surface area contributed by atoms with Crippen LogP contribution in [-0.4, -0.2) is 25.3 Å². The molecule has 0 heterocycles. The minimum Gasteiger partial charge on any atom is -0.456 e. The van der Waals surface area contributed by atoms with Crippen molar-refractivity contribution in [2.45, 2.75) is 31.5 Å². The number of carbonyl (C=O) groups excluding carboxylic acids is 1. The van der Waals surface area contributed by atoms with Crippen molar-refractivity contribution < 1.29 is 14.3 Å². The maximum atomic E-state index is 12.0. The lowest BCUT2D eigenvalue weighted by atomic mass is 10.1. The molecule has 1 saturated carbocycles. The molecule has 2 rings (SSSR count). The third kappa shape index (κ3) is 2.52. The lowest BCUT2D eigenvalue weighted by molar-refractivity contribution is -0.0207. The normalized spacial score (nSPS) is 22.4. The average Bonchev–Trinajstić information content (AvgIpc) is 2.85. The van der Waals surface area contributed by atoms with Crippen molar-refractivity contribution in [3.63, 3.8) is 0 Å². The van der Waals surface area contributed by atoms with Crippen LogP contribution in [0, 0.1) is 11.3 Å². The first-order chi connectivity index (χ1) is 8.76. The highest BCUT2D eigenvalue weighted by Gasteiger charge is 2.31. The standard InChI is InChI=1S/C14H15NO3/c1-17-12-7-4-8-13(12)18-14(16)11-6-3-2-5-10(11)9-15/h2-3,5-6,12-13H,4,7-8H2,1H3/t12-,13-/m0/s1. The fourth-order valence-corrected chi connectivity index (χ4v) is 2.26. The van der Waals surface area contributed by atoms with Crippen LogP contribution >= 0.6 is 0 Å². The van der Waals surface area contributed by atoms with Crippen molar-refractivity contribution in [3.05, 3.63) is 35.4 Å². The number of methoxy groups -OCH3 is 1. The minimum absolute atomic E-state index is 0.0248. The molecule has 1 aliphatic carbocycles. The predicted octanol–water partition coefficient (Wildman–Crippen LogP) is 2.28. The van der Waals surface area contributed by atoms with Crippen LogP contribution in [0.2, 0.25) is 0 Å². The summed E-state index contributed by atoms with van der Waals surface area (Å²) >= 11 is 0. The summed E-state index contributed by atoms with van der Waals surface area (Å²) in [6, 6.07) is 8.66. The molecule has 2 atom stereocenters. The molecule has 0 saturated heterocycles. The molecule has 4 heteroatoms. The van der Waals surface area contributed by atoms with E-state index in [1.807, 2.05) is 6.07 Å². The number of rotatable bonds is 3. The van der Waals surface area contributed by atoms with Crippen LogP contribution < -0.4 is 0 Å². The first-order valence-electron chi connectivity index (χ1n) is 5.99. The summed E-state index contributed by atoms with van der Waals surface area (Å²) in [7, 11) is 1.63. The molecule has 0 radical (unpaired) electrons. The van der Waals surface area contributed by atoms with E-state index in [9.17, 15) is 4.79 Å². The Labute approximate surface area is 106 Å². The van der Waals surface area contributed by atoms with E-state index < -0.39 is 5.97 Å². The zero-order chi connectivity index (χ0) is 13.0. The van der Waals surface area contributed by atoms with Gasteiger partial charge in [-0.1, -0.05) is 12.1 Å². The number of nitrogens with zero attached hydrogens (tertiary/aromatic N) is 1. The SMILES string of the molecule is CO[C@H]1CCC[C@@H]1OC(=O)c1ccccc1C#N. The molecule has 0 aromatic heterocycles. The van der Waals surface area contributed by atoms with Gasteiger partial charge in [0.25, 0.3) is 0 Å². The van der Waals surface area contributed by atoms with Gasteiger partial charge >= 0.3 is 5.97 Å². The molecule has 18 heavy (non-hydrogen) atoms. The van der Waals surface area contributed by atoms with Gasteiger partial charge in [-0.25, -0.2) is 4.79 Å². The van der Waals surface area contributed by atoms with Crippen LogP contribution in [0.25, 0.3) is 0 Å². The molecule has 0 spiro atoms. The van der Waals surface area contributed by atoms with Crippen LogP contribution in [-0.2, 0) is 9.47 Å². The van der Waals surface area contributed by atoms with Crippen molar-refractivity contribution >= 4 is 5.97 Å². The second kappa shape index (κ2) is 5.65. The lowest BCUT2D eigenvalue weighted by Gasteiger charge is -2.18. The highest BCUT2D eigenvalue weighted by molar-refractivity contribution is 5.92. The van der Waals surface area contributed by atoms with Gasteiger partial charge in [-0.2, -0.15) is 5.26 Å². The zero-order valence-corrected chi connectivity index (χ0v) is 10.3. The molecular formula is C14H15NO3. The van der Waals surface area contributed by atoms with Gasteiger partial charge < -0.3 is 9.47 Å². The van der Waals surface area contributed by atoms with Gasteiger partial charge in [0.15, 0.2) is 0 Å². The van der Waals surface area contributed by atoms with Gasteiger partial charge in [0.05, 0.1) is 17.2 Å². The van der Waals surface area contributed by atoms with Crippen LogP contribution in [0.15, 0.2) is 24.3 Å². The lowest BCUT2D eigenvalue weighted by Crippen LogP contribution is -2.28. The Kier molecular flexibility index (Phi) is 3.96. The van der Waals surface area contributed by atoms with Gasteiger partial charge in [0, 0.05) is 7.11 Å². The van der Waals surface area contributed by atoms with E-state index in [0.717, 1.165) is 19.3 Å². The molecule has 1 aromatic carbocycles. The molecular weight excluding hydrogens is 230 g/mol. The molecule has 0 bridgehead atoms. The van der Waals surface area contributed by atoms with Crippen LogP contribution in [0.5, 0.6) is 0 Å². The number of esters is 1. The van der Waals surface area contributed by atoms with E-state index in [-0.39, 0.29) is 12.2 Å². The second-order valence-corrected chi connectivity index (χ2v) is 4.31. The molecule has 94 valence electrons. The first-order valence-corrected chi connectivity index (χ1v) is 5.99. The number of benzene rings is 1. The van der Waals surface area contributed by atoms with Gasteiger partial charge in [-0.3, -0.25) is 0 Å². The van der Waals surface area contributed by atoms with Crippen molar-refractivity contribution in [1.29, 1.82) is 5.26 Å². The van der Waals surface area contributed by atoms with E-state index in [1.54, 1.807) is 31.4 Å². The molecule has 0 N–H and O–H groups in total. The third-order valence-electron chi connectivity index (χ3n) is 3.22. The molecule has 0 aliphatic heterocycles. The summed E-state index contributed by atoms with van der Waals surface area (Å²) in [5.41, 5.74) is 0.663. The number of hydrogen-bond donors (Lipinski definition) is 0. The van der Waals surface area contributed by atoms with Crippen molar-refractivity contribution in [2.75, 3.05) is 7.11 Å². The smallest absolute Gasteiger partial charge is 0.339 e. The van der Waals surface area contributed by atoms with Crippen molar-refractivity contribution in [2.24, 2.45) is 0 Å². The van der Waals surface area contributed by atoms with Crippen molar-refractivity contribution in [1.82, 2.24) is 0 Å². The van der Waals surface area contributed by atoms with Crippen LogP contribution in [0.4, 0.5) is 0 Å². The van der Waals surface area contributed by atoms with Gasteiger partial charge in [-0.15, -0.1) is 0 Å². The van der Waals surface area contributed by atoms with Gasteiger partial charge in [0.1, 0.15) is 12.2 Å². The highest BCUT2D eigenvalue weighted by Crippen LogP contribution is 2.25. The molecule has 4 nitrogen and oxygen atoms in total. The largest absolute Gasteiger partial charge is 0.456 e. The fourth-order valence-electron chi connectivity index (χ4n) is 2.26. The van der Waals surface area contributed by atoms with E-state index in [4.69, 9.17) is 14.7 Å². The first kappa shape index (κ1) is 12.6. The minimum atomic E-state index is -0.443. The quantitative estimate of drug-likeness (QED) is 0.766. The maximum Gasteiger partial charge on any atom is 0.339 e. The summed E-state index contributed by atoms with van der Waals surface area (Å²) in [6.07, 6.45) is 2.50. The Morgan fingerprint density at radius 2 is 2.06 bits per heavy atom. The highest BCUT2D eigenvalue weighted by atomic mass is 16.6. The zero-order valence-electron chi connectivity index (χ0n) is 10.3. The number of nitriles is 1. The van der Waals surface area contributed by atoms with Crippen LogP contribution in [0.1, 0.15) is 35.2 Å². The topological polar surface area (TPSA) is 59.3 Å². The van der Waals surface area contributed by atoms with Gasteiger partial charge in [-0.05, 0) is 31.4 Å². The summed E-state index contributed by atoms with van der Waals surface area (Å²) < 4.78 is 10.7. The Morgan fingerprint density at radius 1 is 1.33 bits per heavy atom. The summed E-state index contributed by atoms with van der Waals surface area (Å²) in [5.74, 6) is -0.443. The fraction of sp³-hybridized carbons (Fsp3) is 0.429. The summed E-state index contributed by atoms with van der Waals surface area (Å²) in [6.45, 7) is 0. The second-order valence-electron chi connectivity index (χ2n) is 4.31. The summed E-state index contributed by atoms with van der Waals surface area (Å²) in [5, 5.41) is 8.94. The Bertz CT molecular complexity index is 478. The molecule has 1 aliphatic rings. The van der Waals surface area contributed by atoms with E-state index in [1.165, 1.54) is 0 Å². The Balaban J connectivity index is 2.10. The van der Waals surface area contributed by atoms with Crippen LogP contribution in [0.3, 0.4) is 0 Å².